The van der Waals surface area contributed by atoms with Crippen LogP contribution in [-0.2, 0) is 6.54 Å². The quantitative estimate of drug-likeness (QED) is 0.879. The van der Waals surface area contributed by atoms with Gasteiger partial charge in [-0.05, 0) is 39.3 Å². The highest BCUT2D eigenvalue weighted by molar-refractivity contribution is 5.39. The van der Waals surface area contributed by atoms with E-state index in [4.69, 9.17) is 4.52 Å². The molecule has 2 heterocycles. The fourth-order valence-electron chi connectivity index (χ4n) is 1.57. The minimum atomic E-state index is 0.651. The van der Waals surface area contributed by atoms with E-state index in [1.807, 2.05) is 33.8 Å². The SMILES string of the molecule is Cc1cc(NCc2c(C)noc2C)nnc1C. The van der Waals surface area contributed by atoms with Gasteiger partial charge in [-0.1, -0.05) is 5.16 Å². The van der Waals surface area contributed by atoms with Crippen molar-refractivity contribution in [1.82, 2.24) is 15.4 Å². The van der Waals surface area contributed by atoms with Gasteiger partial charge in [0.2, 0.25) is 0 Å². The van der Waals surface area contributed by atoms with Crippen molar-refractivity contribution in [3.8, 4) is 0 Å². The molecule has 0 aliphatic rings. The van der Waals surface area contributed by atoms with Crippen LogP contribution in [0.25, 0.3) is 0 Å². The highest BCUT2D eigenvalue weighted by Gasteiger charge is 2.08. The van der Waals surface area contributed by atoms with Gasteiger partial charge in [0.05, 0.1) is 11.4 Å². The molecule has 17 heavy (non-hydrogen) atoms. The van der Waals surface area contributed by atoms with Crippen LogP contribution in [0.15, 0.2) is 10.6 Å². The standard InChI is InChI=1S/C12H16N4O/c1-7-5-12(15-14-8(7)2)13-6-11-9(3)16-17-10(11)4/h5H,6H2,1-4H3,(H,13,15). The van der Waals surface area contributed by atoms with E-state index in [0.717, 1.165) is 34.1 Å². The van der Waals surface area contributed by atoms with Crippen molar-refractivity contribution < 1.29 is 4.52 Å². The zero-order valence-electron chi connectivity index (χ0n) is 10.5. The average molecular weight is 232 g/mol. The highest BCUT2D eigenvalue weighted by Crippen LogP contribution is 2.14. The molecule has 5 nitrogen and oxygen atoms in total. The predicted molar refractivity (Wildman–Crippen MR) is 64.8 cm³/mol. The second kappa shape index (κ2) is 4.53. The second-order valence-corrected chi connectivity index (χ2v) is 4.15. The summed E-state index contributed by atoms with van der Waals surface area (Å²) in [5.74, 6) is 1.61. The first-order valence-corrected chi connectivity index (χ1v) is 5.54. The van der Waals surface area contributed by atoms with E-state index in [9.17, 15) is 0 Å². The Morgan fingerprint density at radius 3 is 2.47 bits per heavy atom. The molecule has 2 rings (SSSR count). The number of hydrogen-bond donors (Lipinski definition) is 1. The summed E-state index contributed by atoms with van der Waals surface area (Å²) in [4.78, 5) is 0. The zero-order chi connectivity index (χ0) is 12.4. The van der Waals surface area contributed by atoms with E-state index in [-0.39, 0.29) is 0 Å². The van der Waals surface area contributed by atoms with Crippen LogP contribution < -0.4 is 5.32 Å². The van der Waals surface area contributed by atoms with Crippen LogP contribution in [0.1, 0.15) is 28.3 Å². The molecule has 0 saturated carbocycles. The van der Waals surface area contributed by atoms with E-state index < -0.39 is 0 Å². The summed E-state index contributed by atoms with van der Waals surface area (Å²) in [6.45, 7) is 8.45. The van der Waals surface area contributed by atoms with Gasteiger partial charge in [-0.3, -0.25) is 0 Å². The van der Waals surface area contributed by atoms with Gasteiger partial charge in [-0.25, -0.2) is 0 Å². The molecule has 0 spiro atoms. The zero-order valence-corrected chi connectivity index (χ0v) is 10.5. The molecule has 0 radical (unpaired) electrons. The van der Waals surface area contributed by atoms with Crippen LogP contribution in [0, 0.1) is 27.7 Å². The second-order valence-electron chi connectivity index (χ2n) is 4.15. The third-order valence-electron chi connectivity index (χ3n) is 2.86. The summed E-state index contributed by atoms with van der Waals surface area (Å²) in [5, 5.41) is 15.3. The lowest BCUT2D eigenvalue weighted by atomic mass is 10.2. The Labute approximate surface area is 100 Å². The van der Waals surface area contributed by atoms with Crippen molar-refractivity contribution in [2.75, 3.05) is 5.32 Å². The molecule has 0 aromatic carbocycles. The Balaban J connectivity index is 2.10. The van der Waals surface area contributed by atoms with Gasteiger partial charge in [0.25, 0.3) is 0 Å². The van der Waals surface area contributed by atoms with Crippen molar-refractivity contribution in [1.29, 1.82) is 0 Å². The van der Waals surface area contributed by atoms with E-state index in [1.165, 1.54) is 0 Å². The van der Waals surface area contributed by atoms with Crippen molar-refractivity contribution in [2.24, 2.45) is 0 Å². The van der Waals surface area contributed by atoms with Crippen LogP contribution in [0.5, 0.6) is 0 Å². The molecule has 0 amide bonds. The van der Waals surface area contributed by atoms with Gasteiger partial charge in [-0.2, -0.15) is 5.10 Å². The molecule has 0 bridgehead atoms. The number of aromatic nitrogens is 3. The summed E-state index contributed by atoms with van der Waals surface area (Å²) in [6, 6.07) is 1.99. The largest absolute Gasteiger partial charge is 0.364 e. The number of rotatable bonds is 3. The molecule has 0 aliphatic heterocycles. The summed E-state index contributed by atoms with van der Waals surface area (Å²) in [5.41, 5.74) is 4.06. The third-order valence-corrected chi connectivity index (χ3v) is 2.86. The topological polar surface area (TPSA) is 63.8 Å². The lowest BCUT2D eigenvalue weighted by Crippen LogP contribution is -2.05. The number of anilines is 1. The summed E-state index contributed by atoms with van der Waals surface area (Å²) in [6.07, 6.45) is 0. The maximum atomic E-state index is 5.10. The minimum absolute atomic E-state index is 0.651. The molecule has 0 saturated heterocycles. The van der Waals surface area contributed by atoms with Crippen LogP contribution in [-0.4, -0.2) is 15.4 Å². The molecule has 2 aromatic rings. The molecular weight excluding hydrogens is 216 g/mol. The average Bonchev–Trinajstić information content (AvgIpc) is 2.61. The number of nitrogens with zero attached hydrogens (tertiary/aromatic N) is 3. The van der Waals surface area contributed by atoms with Gasteiger partial charge < -0.3 is 9.84 Å². The Morgan fingerprint density at radius 2 is 1.88 bits per heavy atom. The maximum Gasteiger partial charge on any atom is 0.149 e. The first kappa shape index (κ1) is 11.6. The maximum absolute atomic E-state index is 5.10. The van der Waals surface area contributed by atoms with Crippen molar-refractivity contribution in [3.05, 3.63) is 34.3 Å². The van der Waals surface area contributed by atoms with E-state index in [1.54, 1.807) is 0 Å². The lowest BCUT2D eigenvalue weighted by molar-refractivity contribution is 0.392. The van der Waals surface area contributed by atoms with Gasteiger partial charge in [0.15, 0.2) is 0 Å². The minimum Gasteiger partial charge on any atom is -0.364 e. The number of aryl methyl sites for hydroxylation is 4. The van der Waals surface area contributed by atoms with Gasteiger partial charge in [-0.15, -0.1) is 5.10 Å². The molecular formula is C12H16N4O. The molecule has 0 unspecified atom stereocenters. The van der Waals surface area contributed by atoms with E-state index >= 15 is 0 Å². The van der Waals surface area contributed by atoms with Gasteiger partial charge in [0.1, 0.15) is 11.6 Å². The molecule has 90 valence electrons. The van der Waals surface area contributed by atoms with E-state index in [0.29, 0.717) is 6.54 Å². The highest BCUT2D eigenvalue weighted by atomic mass is 16.5. The summed E-state index contributed by atoms with van der Waals surface area (Å²) in [7, 11) is 0. The first-order valence-electron chi connectivity index (χ1n) is 5.54. The molecule has 1 N–H and O–H groups in total. The third kappa shape index (κ3) is 2.43. The van der Waals surface area contributed by atoms with Crippen LogP contribution >= 0.6 is 0 Å². The normalized spacial score (nSPS) is 10.6. The fourth-order valence-corrected chi connectivity index (χ4v) is 1.57. The fraction of sp³-hybridized carbons (Fsp3) is 0.417. The van der Waals surface area contributed by atoms with Crippen molar-refractivity contribution in [3.63, 3.8) is 0 Å². The Hall–Kier alpha value is -1.91. The molecule has 0 aliphatic carbocycles. The summed E-state index contributed by atoms with van der Waals surface area (Å²) < 4.78 is 5.10. The number of nitrogens with one attached hydrogen (secondary N) is 1. The smallest absolute Gasteiger partial charge is 0.149 e. The van der Waals surface area contributed by atoms with E-state index in [2.05, 4.69) is 20.7 Å². The summed E-state index contributed by atoms with van der Waals surface area (Å²) >= 11 is 0. The molecule has 0 atom stereocenters. The molecule has 0 fully saturated rings. The van der Waals surface area contributed by atoms with Crippen LogP contribution in [0.2, 0.25) is 0 Å². The number of hydrogen-bond acceptors (Lipinski definition) is 5. The molecule has 2 aromatic heterocycles. The Morgan fingerprint density at radius 1 is 1.12 bits per heavy atom. The monoisotopic (exact) mass is 232 g/mol. The van der Waals surface area contributed by atoms with Gasteiger partial charge in [0, 0.05) is 12.1 Å². The van der Waals surface area contributed by atoms with Crippen molar-refractivity contribution in [2.45, 2.75) is 34.2 Å². The Bertz CT molecular complexity index is 514. The predicted octanol–water partition coefficient (Wildman–Crippen LogP) is 2.31. The first-order chi connectivity index (χ1) is 8.08. The van der Waals surface area contributed by atoms with Gasteiger partial charge >= 0.3 is 0 Å². The van der Waals surface area contributed by atoms with Crippen molar-refractivity contribution >= 4 is 5.82 Å². The van der Waals surface area contributed by atoms with Crippen LogP contribution in [0.3, 0.4) is 0 Å². The lowest BCUT2D eigenvalue weighted by Gasteiger charge is -2.06. The van der Waals surface area contributed by atoms with Crippen LogP contribution in [0.4, 0.5) is 5.82 Å². The Kier molecular flexibility index (Phi) is 3.08. The molecule has 5 heteroatoms.